The van der Waals surface area contributed by atoms with Gasteiger partial charge in [-0.2, -0.15) is 5.10 Å². The number of hydrogen-bond donors (Lipinski definition) is 5. The molecule has 1 aliphatic carbocycles. The van der Waals surface area contributed by atoms with Crippen LogP contribution in [0, 0.1) is 18.8 Å². The van der Waals surface area contributed by atoms with Crippen molar-refractivity contribution in [3.05, 3.63) is 88.5 Å². The molecule has 2 aromatic heterocycles. The van der Waals surface area contributed by atoms with Crippen molar-refractivity contribution >= 4 is 28.4 Å². The number of rotatable bonds is 9. The fourth-order valence-corrected chi connectivity index (χ4v) is 6.05. The van der Waals surface area contributed by atoms with E-state index in [2.05, 4.69) is 54.6 Å². The molecule has 11 heteroatoms. The molecule has 11 nitrogen and oxygen atoms in total. The Morgan fingerprint density at radius 3 is 2.57 bits per heavy atom. The molecule has 0 bridgehead atoms. The molecule has 0 saturated heterocycles. The Morgan fingerprint density at radius 1 is 1.05 bits per heavy atom. The summed E-state index contributed by atoms with van der Waals surface area (Å²) in [4.78, 5) is 41.0. The van der Waals surface area contributed by atoms with Crippen molar-refractivity contribution in [3.63, 3.8) is 0 Å². The number of benzene rings is 3. The van der Waals surface area contributed by atoms with Gasteiger partial charge in [0.1, 0.15) is 6.04 Å². The minimum atomic E-state index is -0.803. The average molecular weight is 594 g/mol. The Balaban J connectivity index is 1.24. The molecule has 2 heterocycles. The fraction of sp³-hybridized carbons (Fsp3) is 0.303. The quantitative estimate of drug-likeness (QED) is 0.169. The van der Waals surface area contributed by atoms with Gasteiger partial charge in [-0.3, -0.25) is 24.2 Å². The molecule has 1 aliphatic rings. The van der Waals surface area contributed by atoms with E-state index in [0.717, 1.165) is 58.8 Å². The highest BCUT2D eigenvalue weighted by atomic mass is 16.5. The average Bonchev–Trinajstić information content (AvgIpc) is 3.70. The Bertz CT molecular complexity index is 1830. The van der Waals surface area contributed by atoms with Gasteiger partial charge in [0, 0.05) is 29.0 Å². The maximum atomic E-state index is 13.7. The summed E-state index contributed by atoms with van der Waals surface area (Å²) in [6.07, 6.45) is 5.48. The number of carbonyl (C=O) groups is 2. The van der Waals surface area contributed by atoms with Gasteiger partial charge in [-0.1, -0.05) is 35.5 Å². The van der Waals surface area contributed by atoms with Gasteiger partial charge in [-0.15, -0.1) is 0 Å². The molecular formula is C33H35N7O4. The van der Waals surface area contributed by atoms with Gasteiger partial charge >= 0.3 is 5.76 Å². The van der Waals surface area contributed by atoms with Crippen molar-refractivity contribution in [2.24, 2.45) is 17.6 Å². The lowest BCUT2D eigenvalue weighted by Gasteiger charge is -2.28. The number of amides is 2. The second-order valence-electron chi connectivity index (χ2n) is 11.5. The third-order valence-corrected chi connectivity index (χ3v) is 8.54. The Kier molecular flexibility index (Phi) is 8.38. The summed E-state index contributed by atoms with van der Waals surface area (Å²) in [6, 6.07) is 18.2. The number of H-pyrrole nitrogens is 2. The lowest BCUT2D eigenvalue weighted by Crippen LogP contribution is -2.48. The highest BCUT2D eigenvalue weighted by Gasteiger charge is 2.29. The van der Waals surface area contributed by atoms with E-state index in [1.807, 2.05) is 30.5 Å². The van der Waals surface area contributed by atoms with Crippen LogP contribution >= 0.6 is 0 Å². The number of hydrogen-bond acceptors (Lipinski definition) is 7. The van der Waals surface area contributed by atoms with Crippen molar-refractivity contribution < 1.29 is 14.1 Å². The number of aromatic nitrogens is 4. The number of carbonyl (C=O) groups excluding carboxylic acids is 2. The van der Waals surface area contributed by atoms with Crippen LogP contribution in [0.5, 0.6) is 0 Å². The first-order valence-electron chi connectivity index (χ1n) is 14.9. The first-order chi connectivity index (χ1) is 21.4. The van der Waals surface area contributed by atoms with Gasteiger partial charge in [0.2, 0.25) is 11.8 Å². The molecule has 44 heavy (non-hydrogen) atoms. The summed E-state index contributed by atoms with van der Waals surface area (Å²) in [7, 11) is 0. The van der Waals surface area contributed by atoms with Gasteiger partial charge < -0.3 is 16.4 Å². The van der Waals surface area contributed by atoms with Gasteiger partial charge in [0.25, 0.3) is 0 Å². The maximum absolute atomic E-state index is 13.7. The SMILES string of the molecule is Cc1ccc2[nH]ncc2c1-c1cccc(C[C@H](NC(=O)C2CCC(CN)CC2)C(=O)Nc2ccc(-c3noc(=O)[nH]3)cc2)c1. The standard InChI is InChI=1S/C33H35N7O4/c1-19-5-14-27-26(18-35-39-27)29(19)24-4-2-3-21(15-24)16-28(37-31(41)23-8-6-20(17-34)7-9-23)32(42)36-25-12-10-22(11-13-25)30-38-33(43)44-40-30/h2-5,10-15,18,20,23,28H,6-9,16-17,34H2,1H3,(H,35,39)(H,36,42)(H,37,41)(H,38,40,43)/t20?,23?,28-/m0/s1. The Hall–Kier alpha value is -5.03. The largest absolute Gasteiger partial charge is 0.439 e. The number of nitrogens with two attached hydrogens (primary N) is 1. The molecule has 3 aromatic carbocycles. The molecule has 6 N–H and O–H groups in total. The summed E-state index contributed by atoms with van der Waals surface area (Å²) in [6.45, 7) is 2.70. The summed E-state index contributed by atoms with van der Waals surface area (Å²) in [5.41, 5.74) is 12.1. The zero-order valence-corrected chi connectivity index (χ0v) is 24.4. The van der Waals surface area contributed by atoms with Crippen LogP contribution in [0.15, 0.2) is 76.2 Å². The summed E-state index contributed by atoms with van der Waals surface area (Å²) >= 11 is 0. The molecule has 0 unspecified atom stereocenters. The van der Waals surface area contributed by atoms with Crippen molar-refractivity contribution in [1.29, 1.82) is 0 Å². The number of nitrogens with zero attached hydrogens (tertiary/aromatic N) is 2. The van der Waals surface area contributed by atoms with Crippen LogP contribution in [-0.2, 0) is 16.0 Å². The van der Waals surface area contributed by atoms with E-state index in [9.17, 15) is 14.4 Å². The molecule has 0 radical (unpaired) electrons. The minimum Gasteiger partial charge on any atom is -0.344 e. The molecule has 1 fully saturated rings. The zero-order valence-electron chi connectivity index (χ0n) is 24.4. The third-order valence-electron chi connectivity index (χ3n) is 8.54. The number of aryl methyl sites for hydroxylation is 1. The summed E-state index contributed by atoms with van der Waals surface area (Å²) in [5, 5.41) is 18.0. The lowest BCUT2D eigenvalue weighted by atomic mass is 9.81. The van der Waals surface area contributed by atoms with E-state index in [4.69, 9.17) is 5.73 Å². The maximum Gasteiger partial charge on any atom is 0.439 e. The predicted octanol–water partition coefficient (Wildman–Crippen LogP) is 4.31. The zero-order chi connectivity index (χ0) is 30.6. The lowest BCUT2D eigenvalue weighted by molar-refractivity contribution is -0.130. The van der Waals surface area contributed by atoms with Crippen molar-refractivity contribution in [2.45, 2.75) is 45.1 Å². The van der Waals surface area contributed by atoms with E-state index >= 15 is 0 Å². The molecule has 5 aromatic rings. The number of nitrogens with one attached hydrogen (secondary N) is 4. The van der Waals surface area contributed by atoms with E-state index in [0.29, 0.717) is 36.0 Å². The third kappa shape index (κ3) is 6.32. The molecule has 226 valence electrons. The second kappa shape index (κ2) is 12.7. The van der Waals surface area contributed by atoms with Crippen LogP contribution < -0.4 is 22.1 Å². The molecule has 6 rings (SSSR count). The van der Waals surface area contributed by atoms with Crippen LogP contribution in [-0.4, -0.2) is 44.7 Å². The highest BCUT2D eigenvalue weighted by Crippen LogP contribution is 2.32. The first kappa shape index (κ1) is 29.1. The van der Waals surface area contributed by atoms with Crippen LogP contribution in [0.25, 0.3) is 33.4 Å². The number of aromatic amines is 2. The monoisotopic (exact) mass is 593 g/mol. The van der Waals surface area contributed by atoms with E-state index in [-0.39, 0.29) is 17.7 Å². The smallest absolute Gasteiger partial charge is 0.344 e. The molecule has 1 atom stereocenters. The molecule has 0 spiro atoms. The predicted molar refractivity (Wildman–Crippen MR) is 168 cm³/mol. The van der Waals surface area contributed by atoms with Crippen LogP contribution in [0.2, 0.25) is 0 Å². The van der Waals surface area contributed by atoms with Crippen molar-refractivity contribution in [2.75, 3.05) is 11.9 Å². The van der Waals surface area contributed by atoms with E-state index < -0.39 is 11.8 Å². The van der Waals surface area contributed by atoms with Gasteiger partial charge in [-0.05, 0) is 97.7 Å². The van der Waals surface area contributed by atoms with Crippen LogP contribution in [0.3, 0.4) is 0 Å². The number of anilines is 1. The molecule has 2 amide bonds. The molecular weight excluding hydrogens is 558 g/mol. The minimum absolute atomic E-state index is 0.110. The normalized spacial score (nSPS) is 17.3. The topological polar surface area (TPSA) is 172 Å². The fourth-order valence-electron chi connectivity index (χ4n) is 6.05. The Morgan fingerprint density at radius 2 is 1.84 bits per heavy atom. The van der Waals surface area contributed by atoms with Crippen molar-refractivity contribution in [1.82, 2.24) is 25.7 Å². The van der Waals surface area contributed by atoms with Crippen LogP contribution in [0.4, 0.5) is 5.69 Å². The van der Waals surface area contributed by atoms with Crippen molar-refractivity contribution in [3.8, 4) is 22.5 Å². The molecule has 1 saturated carbocycles. The first-order valence-corrected chi connectivity index (χ1v) is 14.9. The van der Waals surface area contributed by atoms with Gasteiger partial charge in [0.15, 0.2) is 5.82 Å². The number of fused-ring (bicyclic) bond motifs is 1. The highest BCUT2D eigenvalue weighted by molar-refractivity contribution is 5.98. The second-order valence-corrected chi connectivity index (χ2v) is 11.5. The molecule has 0 aliphatic heterocycles. The van der Waals surface area contributed by atoms with Crippen LogP contribution in [0.1, 0.15) is 36.8 Å². The Labute approximate surface area is 253 Å². The van der Waals surface area contributed by atoms with Gasteiger partial charge in [-0.25, -0.2) is 4.79 Å². The van der Waals surface area contributed by atoms with E-state index in [1.54, 1.807) is 24.3 Å². The van der Waals surface area contributed by atoms with E-state index in [1.165, 1.54) is 0 Å². The summed E-state index contributed by atoms with van der Waals surface area (Å²) in [5.74, 6) is -0.486. The summed E-state index contributed by atoms with van der Waals surface area (Å²) < 4.78 is 4.58. The van der Waals surface area contributed by atoms with Gasteiger partial charge in [0.05, 0.1) is 11.7 Å².